The molecule has 1 aliphatic heterocycles. The zero-order valence-corrected chi connectivity index (χ0v) is 15.6. The minimum Gasteiger partial charge on any atom is -0.361 e. The van der Waals surface area contributed by atoms with Gasteiger partial charge in [0.05, 0.1) is 0 Å². The van der Waals surface area contributed by atoms with Gasteiger partial charge in [0.2, 0.25) is 0 Å². The molecule has 0 spiro atoms. The van der Waals surface area contributed by atoms with Gasteiger partial charge in [0.1, 0.15) is 6.29 Å². The maximum absolute atomic E-state index is 10.9. The molecule has 4 rings (SSSR count). The predicted octanol–water partition coefficient (Wildman–Crippen LogP) is 5.14. The van der Waals surface area contributed by atoms with Crippen LogP contribution in [0.15, 0.2) is 60.8 Å². The summed E-state index contributed by atoms with van der Waals surface area (Å²) in [5.74, 6) is 0. The summed E-state index contributed by atoms with van der Waals surface area (Å²) in [6.07, 6.45) is 11.1. The number of aryl methyl sites for hydroxylation is 1. The standard InChI is InChI=1S/C24H26N2O/c27-17-18-10-11-23-21(16-26-24(23)14-18)8-4-5-9-22-15-20(12-13-25-22)19-6-2-1-3-7-19/h1-3,6-7,10-12,14,16-17,22,25-26H,4-5,8-9,13,15H2. The number of aldehydes is 1. The first-order valence-corrected chi connectivity index (χ1v) is 9.86. The van der Waals surface area contributed by atoms with E-state index in [-0.39, 0.29) is 0 Å². The lowest BCUT2D eigenvalue weighted by molar-refractivity contribution is 0.112. The second kappa shape index (κ2) is 8.36. The number of H-pyrrole nitrogens is 1. The Morgan fingerprint density at radius 1 is 1.07 bits per heavy atom. The van der Waals surface area contributed by atoms with Crippen LogP contribution in [0.4, 0.5) is 0 Å². The predicted molar refractivity (Wildman–Crippen MR) is 112 cm³/mol. The lowest BCUT2D eigenvalue weighted by atomic mass is 9.92. The van der Waals surface area contributed by atoms with Crippen LogP contribution in [0, 0.1) is 0 Å². The van der Waals surface area contributed by atoms with Crippen LogP contribution in [-0.2, 0) is 6.42 Å². The molecule has 1 unspecified atom stereocenters. The highest BCUT2D eigenvalue weighted by Gasteiger charge is 2.15. The first-order valence-electron chi connectivity index (χ1n) is 9.86. The van der Waals surface area contributed by atoms with E-state index < -0.39 is 0 Å². The third kappa shape index (κ3) is 4.20. The molecule has 1 aromatic heterocycles. The third-order valence-electron chi connectivity index (χ3n) is 5.54. The van der Waals surface area contributed by atoms with Crippen LogP contribution in [-0.4, -0.2) is 23.9 Å². The number of fused-ring (bicyclic) bond motifs is 1. The van der Waals surface area contributed by atoms with Crippen LogP contribution >= 0.6 is 0 Å². The molecule has 0 saturated carbocycles. The van der Waals surface area contributed by atoms with E-state index in [0.29, 0.717) is 6.04 Å². The largest absolute Gasteiger partial charge is 0.361 e. The molecule has 2 aromatic carbocycles. The van der Waals surface area contributed by atoms with Gasteiger partial charge in [-0.15, -0.1) is 0 Å². The van der Waals surface area contributed by atoms with E-state index in [2.05, 4.69) is 59.0 Å². The van der Waals surface area contributed by atoms with E-state index in [0.717, 1.165) is 36.8 Å². The minimum absolute atomic E-state index is 0.573. The molecule has 0 radical (unpaired) electrons. The van der Waals surface area contributed by atoms with Gasteiger partial charge < -0.3 is 10.3 Å². The molecule has 0 saturated heterocycles. The molecule has 3 aromatic rings. The van der Waals surface area contributed by atoms with Crippen LogP contribution in [0.3, 0.4) is 0 Å². The van der Waals surface area contributed by atoms with E-state index >= 15 is 0 Å². The number of aromatic nitrogens is 1. The van der Waals surface area contributed by atoms with Crippen LogP contribution in [0.5, 0.6) is 0 Å². The number of hydrogen-bond acceptors (Lipinski definition) is 2. The molecule has 3 heteroatoms. The monoisotopic (exact) mass is 358 g/mol. The molecule has 0 fully saturated rings. The summed E-state index contributed by atoms with van der Waals surface area (Å²) in [7, 11) is 0. The zero-order valence-electron chi connectivity index (χ0n) is 15.6. The van der Waals surface area contributed by atoms with Crippen molar-refractivity contribution in [1.82, 2.24) is 10.3 Å². The topological polar surface area (TPSA) is 44.9 Å². The van der Waals surface area contributed by atoms with Gasteiger partial charge in [-0.05, 0) is 48.4 Å². The number of nitrogens with one attached hydrogen (secondary N) is 2. The quantitative estimate of drug-likeness (QED) is 0.454. The van der Waals surface area contributed by atoms with Crippen LogP contribution in [0.1, 0.15) is 47.2 Å². The van der Waals surface area contributed by atoms with Crippen molar-refractivity contribution < 1.29 is 4.79 Å². The Kier molecular flexibility index (Phi) is 5.50. The van der Waals surface area contributed by atoms with Gasteiger partial charge in [0.15, 0.2) is 0 Å². The van der Waals surface area contributed by atoms with Crippen molar-refractivity contribution in [2.45, 2.75) is 38.1 Å². The average Bonchev–Trinajstić information content (AvgIpc) is 3.14. The van der Waals surface area contributed by atoms with E-state index in [1.54, 1.807) is 0 Å². The fourth-order valence-electron chi connectivity index (χ4n) is 4.05. The number of carbonyl (C=O) groups excluding carboxylic acids is 1. The molecule has 0 amide bonds. The Balaban J connectivity index is 1.28. The lowest BCUT2D eigenvalue weighted by Gasteiger charge is -2.24. The van der Waals surface area contributed by atoms with E-state index in [1.807, 2.05) is 12.1 Å². The molecule has 3 nitrogen and oxygen atoms in total. The lowest BCUT2D eigenvalue weighted by Crippen LogP contribution is -2.32. The summed E-state index contributed by atoms with van der Waals surface area (Å²) in [5.41, 5.74) is 5.96. The van der Waals surface area contributed by atoms with E-state index in [9.17, 15) is 4.79 Å². The second-order valence-corrected chi connectivity index (χ2v) is 7.39. The zero-order chi connectivity index (χ0) is 18.5. The van der Waals surface area contributed by atoms with Crippen molar-refractivity contribution >= 4 is 22.8 Å². The number of aromatic amines is 1. The van der Waals surface area contributed by atoms with Gasteiger partial charge in [-0.3, -0.25) is 4.79 Å². The molecule has 138 valence electrons. The highest BCUT2D eigenvalue weighted by atomic mass is 16.1. The van der Waals surface area contributed by atoms with Crippen molar-refractivity contribution in [2.24, 2.45) is 0 Å². The maximum Gasteiger partial charge on any atom is 0.150 e. The average molecular weight is 358 g/mol. The molecule has 2 heterocycles. The van der Waals surface area contributed by atoms with Gasteiger partial charge in [0, 0.05) is 35.2 Å². The normalized spacial score (nSPS) is 17.0. The number of rotatable bonds is 7. The van der Waals surface area contributed by atoms with Gasteiger partial charge in [-0.25, -0.2) is 0 Å². The summed E-state index contributed by atoms with van der Waals surface area (Å²) in [6, 6.07) is 17.2. The van der Waals surface area contributed by atoms with Crippen molar-refractivity contribution in [3.8, 4) is 0 Å². The molecule has 1 atom stereocenters. The minimum atomic E-state index is 0.573. The van der Waals surface area contributed by atoms with Gasteiger partial charge in [0.25, 0.3) is 0 Å². The summed E-state index contributed by atoms with van der Waals surface area (Å²) in [6.45, 7) is 0.969. The Bertz CT molecular complexity index is 939. The summed E-state index contributed by atoms with van der Waals surface area (Å²) < 4.78 is 0. The first-order chi connectivity index (χ1) is 13.3. The Labute approximate surface area is 160 Å². The number of carbonyl (C=O) groups is 1. The highest BCUT2D eigenvalue weighted by molar-refractivity contribution is 5.89. The summed E-state index contributed by atoms with van der Waals surface area (Å²) in [4.78, 5) is 14.2. The van der Waals surface area contributed by atoms with Gasteiger partial charge in [-0.2, -0.15) is 0 Å². The highest BCUT2D eigenvalue weighted by Crippen LogP contribution is 2.25. The second-order valence-electron chi connectivity index (χ2n) is 7.39. The molecule has 0 aliphatic carbocycles. The summed E-state index contributed by atoms with van der Waals surface area (Å²) >= 11 is 0. The van der Waals surface area contributed by atoms with Crippen molar-refractivity contribution in [1.29, 1.82) is 0 Å². The Hall–Kier alpha value is -2.65. The van der Waals surface area contributed by atoms with E-state index in [4.69, 9.17) is 0 Å². The van der Waals surface area contributed by atoms with Crippen LogP contribution in [0.25, 0.3) is 16.5 Å². The molecular weight excluding hydrogens is 332 g/mol. The van der Waals surface area contributed by atoms with Gasteiger partial charge in [-0.1, -0.05) is 55.0 Å². The molecular formula is C24H26N2O. The van der Waals surface area contributed by atoms with E-state index in [1.165, 1.54) is 41.3 Å². The molecule has 0 bridgehead atoms. The van der Waals surface area contributed by atoms with Crippen LogP contribution in [0.2, 0.25) is 0 Å². The number of benzene rings is 2. The fraction of sp³-hybridized carbons (Fsp3) is 0.292. The van der Waals surface area contributed by atoms with Gasteiger partial charge >= 0.3 is 0 Å². The third-order valence-corrected chi connectivity index (χ3v) is 5.54. The number of unbranched alkanes of at least 4 members (excludes halogenated alkanes) is 1. The van der Waals surface area contributed by atoms with Crippen molar-refractivity contribution in [3.63, 3.8) is 0 Å². The molecule has 2 N–H and O–H groups in total. The smallest absolute Gasteiger partial charge is 0.150 e. The summed E-state index contributed by atoms with van der Waals surface area (Å²) in [5, 5.41) is 4.88. The Morgan fingerprint density at radius 2 is 1.96 bits per heavy atom. The number of hydrogen-bond donors (Lipinski definition) is 2. The SMILES string of the molecule is O=Cc1ccc2c(CCCCC3CC(c4ccccc4)=CCN3)c[nH]c2c1. The first kappa shape index (κ1) is 17.7. The molecule has 1 aliphatic rings. The Morgan fingerprint density at radius 3 is 2.81 bits per heavy atom. The maximum atomic E-state index is 10.9. The van der Waals surface area contributed by atoms with Crippen LogP contribution < -0.4 is 5.32 Å². The van der Waals surface area contributed by atoms with Crippen molar-refractivity contribution in [2.75, 3.05) is 6.54 Å². The fourth-order valence-corrected chi connectivity index (χ4v) is 4.05. The molecule has 27 heavy (non-hydrogen) atoms. The van der Waals surface area contributed by atoms with Crippen molar-refractivity contribution in [3.05, 3.63) is 77.5 Å².